The number of amides is 2. The van der Waals surface area contributed by atoms with Crippen LogP contribution in [-0.4, -0.2) is 49.9 Å². The third-order valence-electron chi connectivity index (χ3n) is 5.46. The summed E-state index contributed by atoms with van der Waals surface area (Å²) in [6.07, 6.45) is 1.95. The molecule has 188 valence electrons. The van der Waals surface area contributed by atoms with Crippen molar-refractivity contribution in [2.45, 2.75) is 27.2 Å². The van der Waals surface area contributed by atoms with E-state index < -0.39 is 0 Å². The Morgan fingerprint density at radius 3 is 2.61 bits per heavy atom. The Bertz CT molecular complexity index is 1410. The first-order valence-electron chi connectivity index (χ1n) is 11.5. The van der Waals surface area contributed by atoms with Gasteiger partial charge >= 0.3 is 0 Å². The minimum Gasteiger partial charge on any atom is -0.438 e. The van der Waals surface area contributed by atoms with Crippen molar-refractivity contribution >= 4 is 29.0 Å². The van der Waals surface area contributed by atoms with Gasteiger partial charge in [0.15, 0.2) is 11.5 Å². The number of imidazole rings is 1. The van der Waals surface area contributed by atoms with Crippen LogP contribution in [0.2, 0.25) is 0 Å². The smallest absolute Gasteiger partial charge is 0.273 e. The molecule has 0 saturated carbocycles. The normalized spacial score (nSPS) is 11.9. The Morgan fingerprint density at radius 2 is 1.89 bits per heavy atom. The maximum absolute atomic E-state index is 12.7. The van der Waals surface area contributed by atoms with Gasteiger partial charge in [-0.25, -0.2) is 9.50 Å². The summed E-state index contributed by atoms with van der Waals surface area (Å²) in [6.45, 7) is 6.18. The number of carbonyl (C=O) groups is 2. The van der Waals surface area contributed by atoms with Gasteiger partial charge in [0.1, 0.15) is 11.4 Å². The van der Waals surface area contributed by atoms with Crippen LogP contribution in [0.3, 0.4) is 0 Å². The summed E-state index contributed by atoms with van der Waals surface area (Å²) in [5, 5.41) is 14.3. The fourth-order valence-corrected chi connectivity index (χ4v) is 3.76. The minimum atomic E-state index is -0.262. The number of aromatic nitrogens is 5. The molecule has 0 aliphatic rings. The van der Waals surface area contributed by atoms with E-state index in [9.17, 15) is 9.59 Å². The molecule has 0 aliphatic heterocycles. The molecule has 0 aliphatic carbocycles. The Balaban J connectivity index is 1.46. The fourth-order valence-electron chi connectivity index (χ4n) is 3.76. The van der Waals surface area contributed by atoms with Crippen LogP contribution >= 0.6 is 0 Å². The molecule has 2 N–H and O–H groups in total. The Hall–Kier alpha value is -4.25. The highest BCUT2D eigenvalue weighted by Gasteiger charge is 2.15. The van der Waals surface area contributed by atoms with E-state index in [1.165, 1.54) is 4.52 Å². The molecule has 2 amide bonds. The number of rotatable bonds is 9. The van der Waals surface area contributed by atoms with Crippen LogP contribution in [0.25, 0.3) is 5.65 Å². The fraction of sp³-hybridized carbons (Fsp3) is 0.320. The molecule has 11 nitrogen and oxygen atoms in total. The van der Waals surface area contributed by atoms with Crippen molar-refractivity contribution in [2.24, 2.45) is 13.0 Å². The minimum absolute atomic E-state index is 0.0996. The zero-order chi connectivity index (χ0) is 25.8. The lowest BCUT2D eigenvalue weighted by Gasteiger charge is -2.11. The first kappa shape index (κ1) is 24.9. The topological polar surface area (TPSA) is 125 Å². The Kier molecular flexibility index (Phi) is 7.30. The number of hydrogen-bond donors (Lipinski definition) is 2. The molecule has 0 bridgehead atoms. The predicted molar refractivity (Wildman–Crippen MR) is 134 cm³/mol. The van der Waals surface area contributed by atoms with Gasteiger partial charge < -0.3 is 20.1 Å². The Morgan fingerprint density at radius 1 is 1.08 bits per heavy atom. The number of methoxy groups -OCH3 is 1. The average Bonchev–Trinajstić information content (AvgIpc) is 3.36. The second-order valence-electron chi connectivity index (χ2n) is 8.74. The van der Waals surface area contributed by atoms with Crippen LogP contribution in [0.1, 0.15) is 35.1 Å². The molecule has 3 heterocycles. The summed E-state index contributed by atoms with van der Waals surface area (Å²) in [4.78, 5) is 29.3. The number of fused-ring (bicyclic) bond motifs is 1. The van der Waals surface area contributed by atoms with E-state index in [0.717, 1.165) is 11.3 Å². The van der Waals surface area contributed by atoms with Crippen molar-refractivity contribution in [3.8, 4) is 11.6 Å². The number of ether oxygens (including phenoxy) is 2. The van der Waals surface area contributed by atoms with Gasteiger partial charge in [-0.3, -0.25) is 14.3 Å². The van der Waals surface area contributed by atoms with Gasteiger partial charge in [-0.2, -0.15) is 5.10 Å². The van der Waals surface area contributed by atoms with Crippen LogP contribution in [-0.2, 0) is 16.6 Å². The van der Waals surface area contributed by atoms with Crippen LogP contribution in [0.5, 0.6) is 11.6 Å². The second kappa shape index (κ2) is 10.6. The van der Waals surface area contributed by atoms with Crippen molar-refractivity contribution < 1.29 is 19.1 Å². The van der Waals surface area contributed by atoms with Crippen molar-refractivity contribution in [2.75, 3.05) is 24.4 Å². The van der Waals surface area contributed by atoms with E-state index in [4.69, 9.17) is 9.47 Å². The molecule has 3 aromatic heterocycles. The molecule has 0 spiro atoms. The molecular weight excluding hydrogens is 462 g/mol. The van der Waals surface area contributed by atoms with Crippen LogP contribution < -0.4 is 15.4 Å². The monoisotopic (exact) mass is 491 g/mol. The molecule has 36 heavy (non-hydrogen) atoms. The molecule has 0 fully saturated rings. The maximum atomic E-state index is 12.7. The first-order valence-corrected chi connectivity index (χ1v) is 11.5. The lowest BCUT2D eigenvalue weighted by atomic mass is 10.1. The van der Waals surface area contributed by atoms with Gasteiger partial charge in [0, 0.05) is 45.0 Å². The molecule has 0 saturated heterocycles. The summed E-state index contributed by atoms with van der Waals surface area (Å²) in [5.74, 6) is 0.930. The van der Waals surface area contributed by atoms with Gasteiger partial charge in [0.2, 0.25) is 11.8 Å². The van der Waals surface area contributed by atoms with Crippen molar-refractivity contribution in [1.29, 1.82) is 0 Å². The molecular formula is C25H29N7O4. The number of nitrogens with one attached hydrogen (secondary N) is 2. The summed E-state index contributed by atoms with van der Waals surface area (Å²) < 4.78 is 14.1. The molecule has 11 heteroatoms. The summed E-state index contributed by atoms with van der Waals surface area (Å²) in [7, 11) is 3.34. The molecule has 1 aromatic carbocycles. The number of anilines is 2. The quantitative estimate of drug-likeness (QED) is 0.365. The number of benzene rings is 1. The van der Waals surface area contributed by atoms with Gasteiger partial charge in [-0.15, -0.1) is 5.10 Å². The van der Waals surface area contributed by atoms with E-state index >= 15 is 0 Å². The molecule has 4 aromatic rings. The summed E-state index contributed by atoms with van der Waals surface area (Å²) in [6, 6.07) is 10.5. The summed E-state index contributed by atoms with van der Waals surface area (Å²) >= 11 is 0. The molecule has 0 radical (unpaired) electrons. The first-order chi connectivity index (χ1) is 17.2. The van der Waals surface area contributed by atoms with Gasteiger partial charge in [-0.1, -0.05) is 13.0 Å². The van der Waals surface area contributed by atoms with Gasteiger partial charge in [0.05, 0.1) is 11.9 Å². The zero-order valence-corrected chi connectivity index (χ0v) is 20.9. The largest absolute Gasteiger partial charge is 0.438 e. The lowest BCUT2D eigenvalue weighted by molar-refractivity contribution is -0.117. The second-order valence-corrected chi connectivity index (χ2v) is 8.74. The highest BCUT2D eigenvalue weighted by atomic mass is 16.5. The van der Waals surface area contributed by atoms with Crippen molar-refractivity contribution in [3.05, 3.63) is 59.5 Å². The van der Waals surface area contributed by atoms with E-state index in [0.29, 0.717) is 47.5 Å². The van der Waals surface area contributed by atoms with Gasteiger partial charge in [-0.05, 0) is 43.5 Å². The number of nitrogens with zero attached hydrogens (tertiary/aromatic N) is 5. The van der Waals surface area contributed by atoms with E-state index in [2.05, 4.69) is 25.8 Å². The van der Waals surface area contributed by atoms with E-state index in [-0.39, 0.29) is 17.7 Å². The van der Waals surface area contributed by atoms with E-state index in [1.807, 2.05) is 26.8 Å². The van der Waals surface area contributed by atoms with Crippen LogP contribution in [0, 0.1) is 19.8 Å². The van der Waals surface area contributed by atoms with Crippen LogP contribution in [0.15, 0.2) is 42.6 Å². The zero-order valence-electron chi connectivity index (χ0n) is 20.9. The third kappa shape index (κ3) is 5.87. The van der Waals surface area contributed by atoms with Crippen molar-refractivity contribution in [1.82, 2.24) is 24.4 Å². The number of hydrogen-bond acceptors (Lipinski definition) is 7. The molecule has 1 unspecified atom stereocenters. The average molecular weight is 492 g/mol. The predicted octanol–water partition coefficient (Wildman–Crippen LogP) is 3.74. The highest BCUT2D eigenvalue weighted by Crippen LogP contribution is 2.26. The standard InChI is InChI=1S/C25H29N7O4/c1-15(14-35-5)10-23(33)28-21-13-32-22(27-21)8-9-24(30-32)36-18-7-6-16(2)19(12-18)26-25(34)20-11-17(3)29-31(20)4/h6-9,11-13,15H,10,14H2,1-5H3,(H,26,34)(H,28,33). The number of carbonyl (C=O) groups excluding carboxylic acids is 2. The number of aryl methyl sites for hydroxylation is 3. The summed E-state index contributed by atoms with van der Waals surface area (Å²) in [5.41, 5.74) is 3.29. The van der Waals surface area contributed by atoms with Gasteiger partial charge in [0.25, 0.3) is 5.91 Å². The maximum Gasteiger partial charge on any atom is 0.273 e. The SMILES string of the molecule is COCC(C)CC(=O)Nc1cn2nc(Oc3ccc(C)c(NC(=O)c4cc(C)nn4C)c3)ccc2n1. The molecule has 4 rings (SSSR count). The molecule has 1 atom stereocenters. The van der Waals surface area contributed by atoms with Crippen molar-refractivity contribution in [3.63, 3.8) is 0 Å². The van der Waals surface area contributed by atoms with E-state index in [1.54, 1.807) is 55.4 Å². The lowest BCUT2D eigenvalue weighted by Crippen LogP contribution is -2.17. The Labute approximate surface area is 208 Å². The highest BCUT2D eigenvalue weighted by molar-refractivity contribution is 6.03. The third-order valence-corrected chi connectivity index (χ3v) is 5.46. The van der Waals surface area contributed by atoms with Crippen LogP contribution in [0.4, 0.5) is 11.5 Å².